The summed E-state index contributed by atoms with van der Waals surface area (Å²) in [4.78, 5) is 24.4. The van der Waals surface area contributed by atoms with Gasteiger partial charge in [-0.05, 0) is 13.1 Å². The van der Waals surface area contributed by atoms with E-state index < -0.39 is 6.03 Å². The molecule has 0 spiro atoms. The molecule has 0 aromatic carbocycles. The average molecular weight is 250 g/mol. The van der Waals surface area contributed by atoms with Gasteiger partial charge in [-0.1, -0.05) is 13.8 Å². The van der Waals surface area contributed by atoms with E-state index >= 15 is 0 Å². The fraction of sp³-hybridized carbons (Fsp3) is 0.800. The number of amides is 3. The zero-order valence-corrected chi connectivity index (χ0v) is 10.6. The van der Waals surface area contributed by atoms with Crippen LogP contribution in [-0.2, 0) is 4.79 Å². The van der Waals surface area contributed by atoms with Crippen LogP contribution in [0.2, 0.25) is 0 Å². The van der Waals surface area contributed by atoms with Crippen LogP contribution in [-0.4, -0.2) is 48.9 Å². The van der Waals surface area contributed by atoms with Crippen LogP contribution < -0.4 is 10.6 Å². The molecule has 94 valence electrons. The van der Waals surface area contributed by atoms with E-state index in [-0.39, 0.29) is 18.2 Å². The lowest BCUT2D eigenvalue weighted by Gasteiger charge is -2.17. The lowest BCUT2D eigenvalue weighted by Crippen LogP contribution is -2.42. The Hall–Kier alpha value is -0.810. The molecule has 5 nitrogen and oxygen atoms in total. The molecular formula is C10H20ClN3O2. The third-order valence-corrected chi connectivity index (χ3v) is 2.37. The molecule has 0 aromatic heterocycles. The van der Waals surface area contributed by atoms with Gasteiger partial charge in [-0.25, -0.2) is 4.79 Å². The molecule has 0 heterocycles. The molecule has 0 aliphatic heterocycles. The van der Waals surface area contributed by atoms with Crippen LogP contribution in [0.5, 0.6) is 0 Å². The first-order valence-electron chi connectivity index (χ1n) is 5.50. The molecule has 3 amide bonds. The summed E-state index contributed by atoms with van der Waals surface area (Å²) in [6.45, 7) is 7.34. The monoisotopic (exact) mass is 249 g/mol. The summed E-state index contributed by atoms with van der Waals surface area (Å²) in [5, 5.41) is 4.81. The molecule has 0 saturated heterocycles. The SMILES string of the molecule is CCN(CC)CCNC(=O)NC(=O)CCCl. The first kappa shape index (κ1) is 15.2. The van der Waals surface area contributed by atoms with Crippen LogP contribution in [0, 0.1) is 0 Å². The molecule has 6 heteroatoms. The summed E-state index contributed by atoms with van der Waals surface area (Å²) in [6, 6.07) is -0.456. The van der Waals surface area contributed by atoms with Crippen molar-refractivity contribution in [3.8, 4) is 0 Å². The minimum absolute atomic E-state index is 0.158. The Morgan fingerprint density at radius 3 is 2.38 bits per heavy atom. The van der Waals surface area contributed by atoms with Crippen molar-refractivity contribution in [3.05, 3.63) is 0 Å². The van der Waals surface area contributed by atoms with E-state index in [0.29, 0.717) is 6.54 Å². The van der Waals surface area contributed by atoms with Gasteiger partial charge < -0.3 is 10.2 Å². The lowest BCUT2D eigenvalue weighted by molar-refractivity contribution is -0.119. The Labute approximate surface area is 102 Å². The maximum atomic E-state index is 11.2. The van der Waals surface area contributed by atoms with E-state index in [1.165, 1.54) is 0 Å². The van der Waals surface area contributed by atoms with Crippen LogP contribution in [0.3, 0.4) is 0 Å². The van der Waals surface area contributed by atoms with E-state index in [1.54, 1.807) is 0 Å². The Balaban J connectivity index is 3.61. The fourth-order valence-electron chi connectivity index (χ4n) is 1.19. The van der Waals surface area contributed by atoms with Crippen molar-refractivity contribution in [2.45, 2.75) is 20.3 Å². The third-order valence-electron chi connectivity index (χ3n) is 2.18. The summed E-state index contributed by atoms with van der Waals surface area (Å²) in [5.74, 6) is -0.131. The Kier molecular flexibility index (Phi) is 8.94. The van der Waals surface area contributed by atoms with Gasteiger partial charge in [0.15, 0.2) is 0 Å². The van der Waals surface area contributed by atoms with Crippen LogP contribution in [0.4, 0.5) is 4.79 Å². The largest absolute Gasteiger partial charge is 0.337 e. The molecule has 0 aromatic rings. The van der Waals surface area contributed by atoms with E-state index in [0.717, 1.165) is 19.6 Å². The lowest BCUT2D eigenvalue weighted by atomic mass is 10.4. The standard InChI is InChI=1S/C10H20ClN3O2/c1-3-14(4-2)8-7-12-10(16)13-9(15)5-6-11/h3-8H2,1-2H3,(H2,12,13,15,16). The van der Waals surface area contributed by atoms with E-state index in [2.05, 4.69) is 29.4 Å². The van der Waals surface area contributed by atoms with Crippen molar-refractivity contribution in [1.29, 1.82) is 0 Å². The van der Waals surface area contributed by atoms with Gasteiger partial charge in [0.05, 0.1) is 0 Å². The fourth-order valence-corrected chi connectivity index (χ4v) is 1.36. The summed E-state index contributed by atoms with van der Waals surface area (Å²) in [5.41, 5.74) is 0. The summed E-state index contributed by atoms with van der Waals surface area (Å²) < 4.78 is 0. The van der Waals surface area contributed by atoms with Gasteiger partial charge in [0, 0.05) is 25.4 Å². The molecule has 0 saturated carbocycles. The maximum absolute atomic E-state index is 11.2. The minimum atomic E-state index is -0.456. The second-order valence-electron chi connectivity index (χ2n) is 3.27. The van der Waals surface area contributed by atoms with E-state index in [4.69, 9.17) is 11.6 Å². The van der Waals surface area contributed by atoms with Crippen molar-refractivity contribution in [2.24, 2.45) is 0 Å². The minimum Gasteiger partial charge on any atom is -0.337 e. The number of carbonyl (C=O) groups is 2. The van der Waals surface area contributed by atoms with Crippen molar-refractivity contribution in [3.63, 3.8) is 0 Å². The second-order valence-corrected chi connectivity index (χ2v) is 3.65. The number of nitrogens with one attached hydrogen (secondary N) is 2. The number of nitrogens with zero attached hydrogens (tertiary/aromatic N) is 1. The van der Waals surface area contributed by atoms with Crippen molar-refractivity contribution >= 4 is 23.5 Å². The summed E-state index contributed by atoms with van der Waals surface area (Å²) in [6.07, 6.45) is 0.158. The number of hydrogen-bond acceptors (Lipinski definition) is 3. The molecule has 0 radical (unpaired) electrons. The molecule has 16 heavy (non-hydrogen) atoms. The normalized spacial score (nSPS) is 10.2. The molecule has 0 atom stereocenters. The van der Waals surface area contributed by atoms with E-state index in [1.807, 2.05) is 0 Å². The topological polar surface area (TPSA) is 61.4 Å². The smallest absolute Gasteiger partial charge is 0.321 e. The van der Waals surface area contributed by atoms with Crippen LogP contribution in [0.15, 0.2) is 0 Å². The second kappa shape index (κ2) is 9.42. The highest BCUT2D eigenvalue weighted by Crippen LogP contribution is 1.85. The average Bonchev–Trinajstić information content (AvgIpc) is 2.24. The highest BCUT2D eigenvalue weighted by Gasteiger charge is 2.06. The molecular weight excluding hydrogens is 230 g/mol. The number of hydrogen-bond donors (Lipinski definition) is 2. The van der Waals surface area contributed by atoms with Gasteiger partial charge in [0.2, 0.25) is 5.91 Å². The van der Waals surface area contributed by atoms with E-state index in [9.17, 15) is 9.59 Å². The first-order chi connectivity index (χ1) is 7.63. The molecule has 2 N–H and O–H groups in total. The number of alkyl halides is 1. The number of urea groups is 1. The first-order valence-corrected chi connectivity index (χ1v) is 6.03. The van der Waals surface area contributed by atoms with Gasteiger partial charge in [0.25, 0.3) is 0 Å². The Morgan fingerprint density at radius 1 is 1.25 bits per heavy atom. The molecule has 0 bridgehead atoms. The molecule has 0 aliphatic rings. The van der Waals surface area contributed by atoms with Crippen LogP contribution in [0.25, 0.3) is 0 Å². The quantitative estimate of drug-likeness (QED) is 0.656. The van der Waals surface area contributed by atoms with Crippen molar-refractivity contribution in [1.82, 2.24) is 15.5 Å². The third kappa shape index (κ3) is 7.48. The summed E-state index contributed by atoms with van der Waals surface area (Å²) >= 11 is 5.36. The van der Waals surface area contributed by atoms with Gasteiger partial charge >= 0.3 is 6.03 Å². The molecule has 0 fully saturated rings. The van der Waals surface area contributed by atoms with Gasteiger partial charge in [-0.3, -0.25) is 10.1 Å². The Morgan fingerprint density at radius 2 is 1.88 bits per heavy atom. The van der Waals surface area contributed by atoms with Crippen LogP contribution in [0.1, 0.15) is 20.3 Å². The molecule has 0 unspecified atom stereocenters. The zero-order chi connectivity index (χ0) is 12.4. The van der Waals surface area contributed by atoms with Crippen molar-refractivity contribution in [2.75, 3.05) is 32.1 Å². The molecule has 0 rings (SSSR count). The molecule has 0 aliphatic carbocycles. The summed E-state index contributed by atoms with van der Waals surface area (Å²) in [7, 11) is 0. The van der Waals surface area contributed by atoms with Crippen molar-refractivity contribution < 1.29 is 9.59 Å². The van der Waals surface area contributed by atoms with Gasteiger partial charge in [-0.15, -0.1) is 11.6 Å². The number of likely N-dealkylation sites (N-methyl/N-ethyl adjacent to an activating group) is 1. The van der Waals surface area contributed by atoms with Gasteiger partial charge in [0.1, 0.15) is 0 Å². The predicted octanol–water partition coefficient (Wildman–Crippen LogP) is 0.783. The number of carbonyl (C=O) groups excluding carboxylic acids is 2. The highest BCUT2D eigenvalue weighted by atomic mass is 35.5. The Bertz CT molecular complexity index is 220. The van der Waals surface area contributed by atoms with Crippen LogP contribution >= 0.6 is 11.6 Å². The number of imide groups is 1. The zero-order valence-electron chi connectivity index (χ0n) is 9.88. The predicted molar refractivity (Wildman–Crippen MR) is 64.7 cm³/mol. The van der Waals surface area contributed by atoms with Gasteiger partial charge in [-0.2, -0.15) is 0 Å². The maximum Gasteiger partial charge on any atom is 0.321 e. The highest BCUT2D eigenvalue weighted by molar-refractivity contribution is 6.19. The number of rotatable bonds is 7. The number of halogens is 1.